The molecule has 1 aliphatic rings. The van der Waals surface area contributed by atoms with E-state index in [-0.39, 0.29) is 11.9 Å². The normalized spacial score (nSPS) is 16.6. The molecular weight excluding hydrogens is 322 g/mol. The molecule has 0 aliphatic carbocycles. The summed E-state index contributed by atoms with van der Waals surface area (Å²) in [5.74, 6) is -0.186. The molecule has 6 nitrogen and oxygen atoms in total. The van der Waals surface area contributed by atoms with Gasteiger partial charge in [-0.05, 0) is 12.2 Å². The molecule has 0 unspecified atom stereocenters. The third-order valence-electron chi connectivity index (χ3n) is 3.57. The third kappa shape index (κ3) is 3.73. The molecule has 0 saturated carbocycles. The first-order valence-electron chi connectivity index (χ1n) is 7.14. The third-order valence-corrected chi connectivity index (χ3v) is 5.21. The fraction of sp³-hybridized carbons (Fsp3) is 0.643. The first kappa shape index (κ1) is 17.1. The highest BCUT2D eigenvalue weighted by atomic mass is 32.2. The molecule has 2 rings (SSSR count). The molecule has 2 heterocycles. The van der Waals surface area contributed by atoms with E-state index in [2.05, 4.69) is 4.98 Å². The van der Waals surface area contributed by atoms with Crippen LogP contribution in [0.1, 0.15) is 24.5 Å². The van der Waals surface area contributed by atoms with Gasteiger partial charge >= 0.3 is 12.0 Å². The number of amides is 2. The molecule has 0 radical (unpaired) electrons. The van der Waals surface area contributed by atoms with Crippen LogP contribution < -0.4 is 0 Å². The number of urea groups is 1. The Kier molecular flexibility index (Phi) is 5.69. The highest BCUT2D eigenvalue weighted by Crippen LogP contribution is 2.21. The summed E-state index contributed by atoms with van der Waals surface area (Å²) in [7, 11) is 0. The zero-order valence-corrected chi connectivity index (χ0v) is 14.6. The van der Waals surface area contributed by atoms with Crippen molar-refractivity contribution >= 4 is 35.1 Å². The molecule has 0 aromatic carbocycles. The molecule has 0 spiro atoms. The highest BCUT2D eigenvalue weighted by molar-refractivity contribution is 7.97. The van der Waals surface area contributed by atoms with Crippen molar-refractivity contribution in [2.24, 2.45) is 5.92 Å². The number of carbonyl (C=O) groups is 2. The fourth-order valence-electron chi connectivity index (χ4n) is 2.59. The summed E-state index contributed by atoms with van der Waals surface area (Å²) < 4.78 is 0. The van der Waals surface area contributed by atoms with Gasteiger partial charge in [0.05, 0.1) is 12.2 Å². The molecule has 1 N–H and O–H groups in total. The summed E-state index contributed by atoms with van der Waals surface area (Å²) in [4.78, 5) is 31.5. The Bertz CT molecular complexity index is 547. The summed E-state index contributed by atoms with van der Waals surface area (Å²) in [6.07, 6.45) is 2.03. The van der Waals surface area contributed by atoms with Gasteiger partial charge in [-0.15, -0.1) is 11.3 Å². The molecule has 22 heavy (non-hydrogen) atoms. The van der Waals surface area contributed by atoms with Crippen molar-refractivity contribution < 1.29 is 14.7 Å². The summed E-state index contributed by atoms with van der Waals surface area (Å²) >= 11 is 3.31. The maximum Gasteiger partial charge on any atom is 0.326 e. The number of carboxylic acid groups (broad SMARTS) is 1. The number of thioether (sulfide) groups is 1. The predicted molar refractivity (Wildman–Crippen MR) is 88.1 cm³/mol. The molecule has 8 heteroatoms. The fourth-order valence-corrected chi connectivity index (χ4v) is 4.10. The Morgan fingerprint density at radius 3 is 2.82 bits per heavy atom. The quantitative estimate of drug-likeness (QED) is 0.823. The van der Waals surface area contributed by atoms with Crippen molar-refractivity contribution in [2.75, 3.05) is 19.3 Å². The topological polar surface area (TPSA) is 73.7 Å². The van der Waals surface area contributed by atoms with Crippen LogP contribution in [0.25, 0.3) is 0 Å². The summed E-state index contributed by atoms with van der Waals surface area (Å²) in [5.41, 5.74) is 0.876. The molecule has 2 amide bonds. The predicted octanol–water partition coefficient (Wildman–Crippen LogP) is 2.35. The average molecular weight is 343 g/mol. The van der Waals surface area contributed by atoms with Gasteiger partial charge in [-0.1, -0.05) is 13.8 Å². The second-order valence-electron chi connectivity index (χ2n) is 5.59. The van der Waals surface area contributed by atoms with Crippen molar-refractivity contribution in [3.05, 3.63) is 16.1 Å². The van der Waals surface area contributed by atoms with E-state index in [4.69, 9.17) is 0 Å². The van der Waals surface area contributed by atoms with Crippen LogP contribution in [0.5, 0.6) is 0 Å². The number of carboxylic acids is 1. The minimum absolute atomic E-state index is 0.117. The smallest absolute Gasteiger partial charge is 0.326 e. The molecule has 1 aromatic heterocycles. The molecule has 1 saturated heterocycles. The second-order valence-corrected chi connectivity index (χ2v) is 7.40. The maximum atomic E-state index is 12.5. The lowest BCUT2D eigenvalue weighted by molar-refractivity contribution is -0.143. The first-order valence-corrected chi connectivity index (χ1v) is 9.42. The molecule has 1 aliphatic heterocycles. The lowest BCUT2D eigenvalue weighted by atomic mass is 10.0. The Morgan fingerprint density at radius 2 is 2.23 bits per heavy atom. The molecule has 0 bridgehead atoms. The molecule has 1 fully saturated rings. The van der Waals surface area contributed by atoms with Gasteiger partial charge in [0.25, 0.3) is 0 Å². The van der Waals surface area contributed by atoms with E-state index in [1.807, 2.05) is 25.5 Å². The van der Waals surface area contributed by atoms with Crippen LogP contribution >= 0.6 is 23.1 Å². The number of aliphatic carboxylic acids is 1. The Labute approximate surface area is 138 Å². The van der Waals surface area contributed by atoms with Crippen LogP contribution in [-0.2, 0) is 17.1 Å². The van der Waals surface area contributed by atoms with Gasteiger partial charge in [0.2, 0.25) is 0 Å². The number of carbonyl (C=O) groups excluding carboxylic acids is 1. The van der Waals surface area contributed by atoms with Crippen molar-refractivity contribution in [2.45, 2.75) is 32.2 Å². The molecular formula is C14H21N3O3S2. The Morgan fingerprint density at radius 1 is 1.50 bits per heavy atom. The van der Waals surface area contributed by atoms with Crippen LogP contribution in [0.15, 0.2) is 5.38 Å². The molecule has 1 aromatic rings. The lowest BCUT2D eigenvalue weighted by Crippen LogP contribution is -2.46. The van der Waals surface area contributed by atoms with Crippen LogP contribution in [-0.4, -0.2) is 57.3 Å². The van der Waals surface area contributed by atoms with Gasteiger partial charge in [-0.2, -0.15) is 11.8 Å². The van der Waals surface area contributed by atoms with E-state index in [0.29, 0.717) is 19.6 Å². The molecule has 1 atom stereocenters. The Balaban J connectivity index is 2.02. The second kappa shape index (κ2) is 7.32. The van der Waals surface area contributed by atoms with Crippen molar-refractivity contribution in [3.63, 3.8) is 0 Å². The van der Waals surface area contributed by atoms with Crippen LogP contribution in [0, 0.1) is 5.92 Å². The zero-order valence-electron chi connectivity index (χ0n) is 13.0. The minimum atomic E-state index is -0.943. The molecule has 122 valence electrons. The van der Waals surface area contributed by atoms with E-state index in [9.17, 15) is 14.7 Å². The maximum absolute atomic E-state index is 12.5. The van der Waals surface area contributed by atoms with E-state index in [0.717, 1.165) is 16.5 Å². The van der Waals surface area contributed by atoms with Gasteiger partial charge in [0.15, 0.2) is 0 Å². The Hall–Kier alpha value is -1.28. The van der Waals surface area contributed by atoms with Gasteiger partial charge in [-0.3, -0.25) is 0 Å². The summed E-state index contributed by atoms with van der Waals surface area (Å²) in [6.45, 7) is 5.10. The first-order chi connectivity index (χ1) is 10.4. The number of hydrogen-bond acceptors (Lipinski definition) is 5. The van der Waals surface area contributed by atoms with E-state index >= 15 is 0 Å². The van der Waals surface area contributed by atoms with Gasteiger partial charge in [0.1, 0.15) is 11.0 Å². The van der Waals surface area contributed by atoms with Crippen molar-refractivity contribution in [1.82, 2.24) is 14.8 Å². The number of aromatic nitrogens is 1. The average Bonchev–Trinajstić information content (AvgIpc) is 3.00. The lowest BCUT2D eigenvalue weighted by Gasteiger charge is -2.27. The van der Waals surface area contributed by atoms with Crippen LogP contribution in [0.2, 0.25) is 0 Å². The standard InChI is InChI=1S/C14H21N3O3S2/c1-9(2)12(13(18)19)17-5-4-16(14(17)20)6-10-7-22-11(15-10)8-21-3/h7,9,12H,4-6,8H2,1-3H3,(H,18,19)/t12-/m0/s1. The van der Waals surface area contributed by atoms with Crippen LogP contribution in [0.3, 0.4) is 0 Å². The number of rotatable bonds is 7. The SMILES string of the molecule is CSCc1nc(CN2CCN([C@H](C(=O)O)C(C)C)C2=O)cs1. The van der Waals surface area contributed by atoms with Gasteiger partial charge in [-0.25, -0.2) is 14.6 Å². The van der Waals surface area contributed by atoms with E-state index < -0.39 is 12.0 Å². The zero-order chi connectivity index (χ0) is 16.3. The highest BCUT2D eigenvalue weighted by Gasteiger charge is 2.38. The van der Waals surface area contributed by atoms with Gasteiger partial charge in [0, 0.05) is 24.2 Å². The number of nitrogens with zero attached hydrogens (tertiary/aromatic N) is 3. The number of hydrogen-bond donors (Lipinski definition) is 1. The van der Waals surface area contributed by atoms with Gasteiger partial charge < -0.3 is 14.9 Å². The van der Waals surface area contributed by atoms with Crippen LogP contribution in [0.4, 0.5) is 4.79 Å². The van der Waals surface area contributed by atoms with E-state index in [1.54, 1.807) is 28.0 Å². The number of thiazole rings is 1. The summed E-state index contributed by atoms with van der Waals surface area (Å²) in [6, 6.07) is -0.972. The van der Waals surface area contributed by atoms with E-state index in [1.165, 1.54) is 4.90 Å². The summed E-state index contributed by atoms with van der Waals surface area (Å²) in [5, 5.41) is 12.4. The van der Waals surface area contributed by atoms with Crippen molar-refractivity contribution in [1.29, 1.82) is 0 Å². The minimum Gasteiger partial charge on any atom is -0.480 e. The van der Waals surface area contributed by atoms with Crippen molar-refractivity contribution in [3.8, 4) is 0 Å². The largest absolute Gasteiger partial charge is 0.480 e. The monoisotopic (exact) mass is 343 g/mol.